The molecule has 1 aliphatic rings. The molecule has 2 amide bonds. The van der Waals surface area contributed by atoms with Crippen LogP contribution in [0.4, 0.5) is 5.69 Å². The molecule has 0 radical (unpaired) electrons. The molecular formula is C20H21N3O2S. The zero-order valence-electron chi connectivity index (χ0n) is 15.1. The van der Waals surface area contributed by atoms with E-state index in [1.807, 2.05) is 24.3 Å². The summed E-state index contributed by atoms with van der Waals surface area (Å²) in [6.07, 6.45) is 0.684. The summed E-state index contributed by atoms with van der Waals surface area (Å²) in [6.45, 7) is 4.19. The van der Waals surface area contributed by atoms with Gasteiger partial charge in [0.15, 0.2) is 0 Å². The van der Waals surface area contributed by atoms with Crippen molar-refractivity contribution < 1.29 is 9.59 Å². The molecule has 2 aromatic carbocycles. The summed E-state index contributed by atoms with van der Waals surface area (Å²) < 4.78 is 0. The Balaban J connectivity index is 1.65. The Bertz CT molecular complexity index is 875. The molecule has 3 rings (SSSR count). The highest BCUT2D eigenvalue weighted by atomic mass is 32.2. The van der Waals surface area contributed by atoms with E-state index in [0.717, 1.165) is 4.90 Å². The maximum absolute atomic E-state index is 12.3. The van der Waals surface area contributed by atoms with Crippen LogP contribution in [0, 0.1) is 13.8 Å². The van der Waals surface area contributed by atoms with Gasteiger partial charge in [-0.05, 0) is 49.7 Å². The van der Waals surface area contributed by atoms with Gasteiger partial charge in [0.2, 0.25) is 5.91 Å². The average molecular weight is 367 g/mol. The highest BCUT2D eigenvalue weighted by Crippen LogP contribution is 2.31. The molecule has 0 unspecified atom stereocenters. The molecule has 0 saturated heterocycles. The van der Waals surface area contributed by atoms with Crippen molar-refractivity contribution in [3.8, 4) is 0 Å². The number of aryl methyl sites for hydroxylation is 2. The molecule has 1 heterocycles. The van der Waals surface area contributed by atoms with Crippen molar-refractivity contribution in [2.75, 3.05) is 12.4 Å². The Morgan fingerprint density at radius 3 is 2.50 bits per heavy atom. The Labute approximate surface area is 157 Å². The molecule has 134 valence electrons. The van der Waals surface area contributed by atoms with Gasteiger partial charge in [0.05, 0.1) is 0 Å². The first-order chi connectivity index (χ1) is 12.4. The molecule has 26 heavy (non-hydrogen) atoms. The van der Waals surface area contributed by atoms with Gasteiger partial charge in [-0.2, -0.15) is 5.10 Å². The number of carbonyl (C=O) groups is 2. The number of nitrogens with one attached hydrogen (secondary N) is 1. The second-order valence-electron chi connectivity index (χ2n) is 6.31. The van der Waals surface area contributed by atoms with E-state index in [2.05, 4.69) is 42.5 Å². The molecule has 2 aromatic rings. The molecule has 0 aromatic heterocycles. The number of anilines is 1. The van der Waals surface area contributed by atoms with E-state index in [1.165, 1.54) is 21.0 Å². The molecule has 1 aliphatic heterocycles. The number of rotatable bonds is 4. The van der Waals surface area contributed by atoms with E-state index in [9.17, 15) is 9.59 Å². The van der Waals surface area contributed by atoms with Crippen molar-refractivity contribution in [2.24, 2.45) is 5.10 Å². The van der Waals surface area contributed by atoms with Crippen molar-refractivity contribution in [1.82, 2.24) is 5.01 Å². The first-order valence-corrected chi connectivity index (χ1v) is 9.24. The Morgan fingerprint density at radius 1 is 1.12 bits per heavy atom. The van der Waals surface area contributed by atoms with Gasteiger partial charge in [-0.1, -0.05) is 29.5 Å². The molecular weight excluding hydrogens is 346 g/mol. The van der Waals surface area contributed by atoms with Crippen molar-refractivity contribution in [1.29, 1.82) is 0 Å². The van der Waals surface area contributed by atoms with Crippen LogP contribution >= 0.6 is 11.8 Å². The van der Waals surface area contributed by atoms with Crippen LogP contribution in [0.25, 0.3) is 0 Å². The number of amides is 2. The van der Waals surface area contributed by atoms with Gasteiger partial charge in [0.25, 0.3) is 5.91 Å². The molecule has 0 spiro atoms. The predicted octanol–water partition coefficient (Wildman–Crippen LogP) is 4.00. The number of hydrogen-bond donors (Lipinski definition) is 1. The first-order valence-electron chi connectivity index (χ1n) is 8.43. The zero-order chi connectivity index (χ0) is 18.7. The third-order valence-corrected chi connectivity index (χ3v) is 5.33. The molecule has 5 nitrogen and oxygen atoms in total. The minimum Gasteiger partial charge on any atom is -0.321 e. The average Bonchev–Trinajstić information content (AvgIpc) is 2.61. The quantitative estimate of drug-likeness (QED) is 0.888. The lowest BCUT2D eigenvalue weighted by molar-refractivity contribution is -0.130. The highest BCUT2D eigenvalue weighted by molar-refractivity contribution is 7.99. The zero-order valence-corrected chi connectivity index (χ0v) is 15.9. The van der Waals surface area contributed by atoms with Gasteiger partial charge in [-0.15, -0.1) is 0 Å². The lowest BCUT2D eigenvalue weighted by Crippen LogP contribution is -2.34. The molecule has 0 aliphatic carbocycles. The van der Waals surface area contributed by atoms with E-state index in [4.69, 9.17) is 0 Å². The van der Waals surface area contributed by atoms with Crippen LogP contribution in [-0.2, 0) is 9.59 Å². The monoisotopic (exact) mass is 367 g/mol. The number of benzene rings is 2. The van der Waals surface area contributed by atoms with Crippen molar-refractivity contribution in [3.63, 3.8) is 0 Å². The van der Waals surface area contributed by atoms with Gasteiger partial charge in [-0.25, -0.2) is 5.01 Å². The molecule has 6 heteroatoms. The summed E-state index contributed by atoms with van der Waals surface area (Å²) in [4.78, 5) is 26.0. The van der Waals surface area contributed by atoms with Crippen LogP contribution in [0.1, 0.15) is 24.0 Å². The van der Waals surface area contributed by atoms with Crippen LogP contribution in [0.3, 0.4) is 0 Å². The predicted molar refractivity (Wildman–Crippen MR) is 105 cm³/mol. The van der Waals surface area contributed by atoms with E-state index in [0.29, 0.717) is 24.2 Å². The number of nitrogens with zero attached hydrogens (tertiary/aromatic N) is 2. The SMILES string of the molecule is Cc1ccc(Sc2ccc(NC(=O)C3=NN(C)C(=O)CC3)cc2)c(C)c1. The third kappa shape index (κ3) is 4.32. The van der Waals surface area contributed by atoms with Crippen molar-refractivity contribution in [2.45, 2.75) is 36.5 Å². The van der Waals surface area contributed by atoms with E-state index in [-0.39, 0.29) is 11.8 Å². The van der Waals surface area contributed by atoms with Crippen LogP contribution in [-0.4, -0.2) is 29.6 Å². The van der Waals surface area contributed by atoms with Gasteiger partial charge in [-0.3, -0.25) is 9.59 Å². The second-order valence-corrected chi connectivity index (χ2v) is 7.43. The summed E-state index contributed by atoms with van der Waals surface area (Å²) in [5.41, 5.74) is 3.59. The van der Waals surface area contributed by atoms with Crippen molar-refractivity contribution in [3.05, 3.63) is 53.6 Å². The topological polar surface area (TPSA) is 61.8 Å². The highest BCUT2D eigenvalue weighted by Gasteiger charge is 2.21. The summed E-state index contributed by atoms with van der Waals surface area (Å²) in [5, 5.41) is 8.10. The smallest absolute Gasteiger partial charge is 0.271 e. The fourth-order valence-electron chi connectivity index (χ4n) is 2.68. The molecule has 0 bridgehead atoms. The number of carbonyl (C=O) groups excluding carboxylic acids is 2. The summed E-state index contributed by atoms with van der Waals surface area (Å²) in [5.74, 6) is -0.339. The minimum atomic E-state index is -0.265. The second kappa shape index (κ2) is 7.74. The Kier molecular flexibility index (Phi) is 5.42. The number of hydrazone groups is 1. The van der Waals surface area contributed by atoms with Crippen LogP contribution in [0.15, 0.2) is 57.4 Å². The van der Waals surface area contributed by atoms with Gasteiger partial charge in [0.1, 0.15) is 5.71 Å². The molecule has 0 atom stereocenters. The third-order valence-electron chi connectivity index (χ3n) is 4.14. The maximum Gasteiger partial charge on any atom is 0.271 e. The minimum absolute atomic E-state index is 0.0747. The van der Waals surface area contributed by atoms with E-state index in [1.54, 1.807) is 18.8 Å². The van der Waals surface area contributed by atoms with Gasteiger partial charge < -0.3 is 5.32 Å². The largest absolute Gasteiger partial charge is 0.321 e. The Morgan fingerprint density at radius 2 is 1.85 bits per heavy atom. The molecule has 0 saturated carbocycles. The number of hydrogen-bond acceptors (Lipinski definition) is 4. The standard InChI is InChI=1S/C20H21N3O2S/c1-13-4-10-18(14(2)12-13)26-16-7-5-15(6-8-16)21-20(25)17-9-11-19(24)23(3)22-17/h4-8,10,12H,9,11H2,1-3H3,(H,21,25). The van der Waals surface area contributed by atoms with Gasteiger partial charge in [0, 0.05) is 35.4 Å². The van der Waals surface area contributed by atoms with E-state index < -0.39 is 0 Å². The lowest BCUT2D eigenvalue weighted by atomic mass is 10.1. The summed E-state index contributed by atoms with van der Waals surface area (Å²) in [6, 6.07) is 14.1. The molecule has 0 fully saturated rings. The molecule has 1 N–H and O–H groups in total. The maximum atomic E-state index is 12.3. The normalized spacial score (nSPS) is 14.2. The summed E-state index contributed by atoms with van der Waals surface area (Å²) in [7, 11) is 1.56. The fraction of sp³-hybridized carbons (Fsp3) is 0.250. The van der Waals surface area contributed by atoms with Crippen LogP contribution < -0.4 is 5.32 Å². The van der Waals surface area contributed by atoms with Gasteiger partial charge >= 0.3 is 0 Å². The lowest BCUT2D eigenvalue weighted by Gasteiger charge is -2.18. The Hall–Kier alpha value is -2.60. The fourth-order valence-corrected chi connectivity index (χ4v) is 3.57. The van der Waals surface area contributed by atoms with Crippen LogP contribution in [0.5, 0.6) is 0 Å². The summed E-state index contributed by atoms with van der Waals surface area (Å²) >= 11 is 1.70. The van der Waals surface area contributed by atoms with Crippen molar-refractivity contribution >= 4 is 35.0 Å². The van der Waals surface area contributed by atoms with Crippen LogP contribution in [0.2, 0.25) is 0 Å². The van der Waals surface area contributed by atoms with E-state index >= 15 is 0 Å². The first kappa shape index (κ1) is 18.2.